The fourth-order valence-corrected chi connectivity index (χ4v) is 4.18. The van der Waals surface area contributed by atoms with Crippen LogP contribution in [0.3, 0.4) is 0 Å². The fraction of sp³-hybridized carbons (Fsp3) is 0.450. The van der Waals surface area contributed by atoms with Crippen molar-refractivity contribution < 1.29 is 4.79 Å². The third kappa shape index (κ3) is 3.23. The molecule has 1 aromatic heterocycles. The average Bonchev–Trinajstić information content (AvgIpc) is 3.00. The lowest BCUT2D eigenvalue weighted by Gasteiger charge is -2.39. The molecule has 1 atom stereocenters. The number of piperidine rings is 1. The van der Waals surface area contributed by atoms with Crippen LogP contribution in [-0.4, -0.2) is 35.0 Å². The number of aromatic nitrogens is 2. The molecule has 1 amide bonds. The van der Waals surface area contributed by atoms with Crippen LogP contribution in [0.15, 0.2) is 36.5 Å². The first-order valence-electron chi connectivity index (χ1n) is 9.25. The number of benzene rings is 1. The molecule has 1 spiro atoms. The van der Waals surface area contributed by atoms with Gasteiger partial charge in [-0.25, -0.2) is 4.98 Å². The van der Waals surface area contributed by atoms with Crippen LogP contribution in [0.5, 0.6) is 0 Å². The van der Waals surface area contributed by atoms with Gasteiger partial charge in [-0.15, -0.1) is 0 Å². The van der Waals surface area contributed by atoms with Crippen LogP contribution in [0.1, 0.15) is 30.9 Å². The number of fused-ring (bicyclic) bond motifs is 1. The summed E-state index contributed by atoms with van der Waals surface area (Å²) in [4.78, 5) is 22.5. The molecule has 1 aliphatic carbocycles. The molecule has 136 valence electrons. The van der Waals surface area contributed by atoms with Gasteiger partial charge in [0.1, 0.15) is 11.9 Å². The van der Waals surface area contributed by atoms with Gasteiger partial charge >= 0.3 is 0 Å². The summed E-state index contributed by atoms with van der Waals surface area (Å²) in [5.41, 5.74) is 8.75. The van der Waals surface area contributed by atoms with Gasteiger partial charge in [0.05, 0.1) is 0 Å². The molecule has 1 saturated heterocycles. The van der Waals surface area contributed by atoms with E-state index in [1.54, 1.807) is 19.2 Å². The maximum Gasteiger partial charge on any atom is 0.239 e. The summed E-state index contributed by atoms with van der Waals surface area (Å²) in [7, 11) is 0. The highest BCUT2D eigenvalue weighted by molar-refractivity contribution is 5.82. The second kappa shape index (κ2) is 6.59. The van der Waals surface area contributed by atoms with E-state index in [4.69, 9.17) is 5.73 Å². The molecular weight excluding hydrogens is 326 g/mol. The molecule has 1 aliphatic heterocycles. The number of anilines is 2. The summed E-state index contributed by atoms with van der Waals surface area (Å²) in [6.45, 7) is 3.65. The first-order valence-corrected chi connectivity index (χ1v) is 9.25. The minimum atomic E-state index is -0.459. The lowest BCUT2D eigenvalue weighted by atomic mass is 9.76. The van der Waals surface area contributed by atoms with Gasteiger partial charge in [-0.2, -0.15) is 4.98 Å². The van der Waals surface area contributed by atoms with E-state index >= 15 is 0 Å². The largest absolute Gasteiger partial charge is 0.368 e. The maximum atomic E-state index is 11.2. The first kappa shape index (κ1) is 16.8. The SMILES string of the molecule is C[C@H](Nc1ccnc(N2CCC3(CC2)Cc2ccccc2C3)n1)C(N)=O. The second-order valence-corrected chi connectivity index (χ2v) is 7.62. The van der Waals surface area contributed by atoms with Crippen molar-refractivity contribution in [1.29, 1.82) is 0 Å². The zero-order valence-corrected chi connectivity index (χ0v) is 15.1. The molecule has 1 fully saturated rings. The number of carbonyl (C=O) groups excluding carboxylic acids is 1. The van der Waals surface area contributed by atoms with E-state index in [1.165, 1.54) is 24.0 Å². The Bertz CT molecular complexity index is 786. The normalized spacial score (nSPS) is 19.2. The minimum absolute atomic E-state index is 0.397. The van der Waals surface area contributed by atoms with E-state index in [-0.39, 0.29) is 0 Å². The van der Waals surface area contributed by atoms with E-state index in [0.717, 1.165) is 31.9 Å². The molecule has 0 saturated carbocycles. The summed E-state index contributed by atoms with van der Waals surface area (Å²) in [6.07, 6.45) is 6.42. The van der Waals surface area contributed by atoms with E-state index < -0.39 is 11.9 Å². The number of amides is 1. The molecule has 0 bridgehead atoms. The minimum Gasteiger partial charge on any atom is -0.368 e. The molecule has 6 heteroatoms. The summed E-state index contributed by atoms with van der Waals surface area (Å²) in [6, 6.07) is 10.1. The smallest absolute Gasteiger partial charge is 0.239 e. The van der Waals surface area contributed by atoms with Crippen LogP contribution in [0.2, 0.25) is 0 Å². The number of nitrogens with zero attached hydrogens (tertiary/aromatic N) is 3. The third-order valence-corrected chi connectivity index (χ3v) is 5.79. The van der Waals surface area contributed by atoms with Crippen LogP contribution < -0.4 is 16.0 Å². The van der Waals surface area contributed by atoms with Gasteiger partial charge in [-0.3, -0.25) is 4.79 Å². The number of carbonyl (C=O) groups is 1. The monoisotopic (exact) mass is 351 g/mol. The Hall–Kier alpha value is -2.63. The van der Waals surface area contributed by atoms with Crippen LogP contribution >= 0.6 is 0 Å². The summed E-state index contributed by atoms with van der Waals surface area (Å²) in [5, 5.41) is 3.03. The van der Waals surface area contributed by atoms with Gasteiger partial charge in [0.15, 0.2) is 0 Å². The molecule has 0 radical (unpaired) electrons. The summed E-state index contributed by atoms with van der Waals surface area (Å²) >= 11 is 0. The van der Waals surface area contributed by atoms with E-state index in [1.807, 2.05) is 0 Å². The van der Waals surface area contributed by atoms with Crippen LogP contribution in [-0.2, 0) is 17.6 Å². The topological polar surface area (TPSA) is 84.1 Å². The predicted molar refractivity (Wildman–Crippen MR) is 102 cm³/mol. The highest BCUT2D eigenvalue weighted by Crippen LogP contribution is 2.44. The highest BCUT2D eigenvalue weighted by Gasteiger charge is 2.40. The zero-order chi connectivity index (χ0) is 18.1. The average molecular weight is 351 g/mol. The quantitative estimate of drug-likeness (QED) is 0.882. The van der Waals surface area contributed by atoms with Crippen molar-refractivity contribution in [2.24, 2.45) is 11.1 Å². The van der Waals surface area contributed by atoms with Crippen molar-refractivity contribution in [1.82, 2.24) is 9.97 Å². The van der Waals surface area contributed by atoms with Crippen molar-refractivity contribution in [3.05, 3.63) is 47.7 Å². The predicted octanol–water partition coefficient (Wildman–Crippen LogP) is 2.15. The molecule has 6 nitrogen and oxygen atoms in total. The second-order valence-electron chi connectivity index (χ2n) is 7.62. The number of nitrogens with one attached hydrogen (secondary N) is 1. The van der Waals surface area contributed by atoms with Crippen molar-refractivity contribution in [2.45, 2.75) is 38.6 Å². The Kier molecular flexibility index (Phi) is 4.26. The Morgan fingerprint density at radius 1 is 1.19 bits per heavy atom. The van der Waals surface area contributed by atoms with Crippen LogP contribution in [0, 0.1) is 5.41 Å². The van der Waals surface area contributed by atoms with E-state index in [2.05, 4.69) is 44.5 Å². The zero-order valence-electron chi connectivity index (χ0n) is 15.1. The Balaban J connectivity index is 1.42. The summed E-state index contributed by atoms with van der Waals surface area (Å²) < 4.78 is 0. The Labute approximate surface area is 153 Å². The van der Waals surface area contributed by atoms with Crippen molar-refractivity contribution in [3.8, 4) is 0 Å². The van der Waals surface area contributed by atoms with Gasteiger partial charge in [-0.1, -0.05) is 24.3 Å². The van der Waals surface area contributed by atoms with E-state index in [9.17, 15) is 4.79 Å². The molecule has 1 aromatic carbocycles. The third-order valence-electron chi connectivity index (χ3n) is 5.79. The van der Waals surface area contributed by atoms with Crippen molar-refractivity contribution >= 4 is 17.7 Å². The van der Waals surface area contributed by atoms with Crippen LogP contribution in [0.25, 0.3) is 0 Å². The Morgan fingerprint density at radius 2 is 1.85 bits per heavy atom. The molecule has 4 rings (SSSR count). The molecule has 3 N–H and O–H groups in total. The number of nitrogens with two attached hydrogens (primary N) is 1. The molecule has 2 aliphatic rings. The number of rotatable bonds is 4. The van der Waals surface area contributed by atoms with Gasteiger partial charge in [0, 0.05) is 19.3 Å². The molecule has 26 heavy (non-hydrogen) atoms. The Morgan fingerprint density at radius 3 is 2.46 bits per heavy atom. The van der Waals surface area contributed by atoms with E-state index in [0.29, 0.717) is 11.2 Å². The molecular formula is C20H25N5O. The molecule has 0 unspecified atom stereocenters. The lowest BCUT2D eigenvalue weighted by Crippen LogP contribution is -2.41. The molecule has 2 heterocycles. The lowest BCUT2D eigenvalue weighted by molar-refractivity contribution is -0.118. The van der Waals surface area contributed by atoms with Gasteiger partial charge in [0.2, 0.25) is 11.9 Å². The molecule has 2 aromatic rings. The number of hydrogen-bond donors (Lipinski definition) is 2. The first-order chi connectivity index (χ1) is 12.5. The maximum absolute atomic E-state index is 11.2. The van der Waals surface area contributed by atoms with Gasteiger partial charge in [0.25, 0.3) is 0 Å². The highest BCUT2D eigenvalue weighted by atomic mass is 16.1. The number of hydrogen-bond acceptors (Lipinski definition) is 5. The van der Waals surface area contributed by atoms with Crippen LogP contribution in [0.4, 0.5) is 11.8 Å². The van der Waals surface area contributed by atoms with Gasteiger partial charge < -0.3 is 16.0 Å². The summed E-state index contributed by atoms with van der Waals surface area (Å²) in [5.74, 6) is 0.956. The van der Waals surface area contributed by atoms with Crippen molar-refractivity contribution in [3.63, 3.8) is 0 Å². The number of primary amides is 1. The standard InChI is InChI=1S/C20H25N5O/c1-14(18(21)26)23-17-6-9-22-19(24-17)25-10-7-20(8-11-25)12-15-4-2-3-5-16(15)13-20/h2-6,9,14H,7-8,10-13H2,1H3,(H2,21,26)(H,22,23,24)/t14-/m0/s1. The van der Waals surface area contributed by atoms with Gasteiger partial charge in [-0.05, 0) is 55.2 Å². The van der Waals surface area contributed by atoms with Crippen molar-refractivity contribution in [2.75, 3.05) is 23.3 Å². The fourth-order valence-electron chi connectivity index (χ4n) is 4.18.